The lowest BCUT2D eigenvalue weighted by molar-refractivity contribution is 0.111. The molecule has 1 saturated heterocycles. The third-order valence-electron chi connectivity index (χ3n) is 3.40. The van der Waals surface area contributed by atoms with Gasteiger partial charge in [0.25, 0.3) is 0 Å². The van der Waals surface area contributed by atoms with Crippen LogP contribution in [0.4, 0.5) is 5.69 Å². The third kappa shape index (κ3) is 2.64. The molecule has 2 heterocycles. The Kier molecular flexibility index (Phi) is 3.74. The van der Waals surface area contributed by atoms with Gasteiger partial charge in [0.05, 0.1) is 6.61 Å². The first-order valence-corrected chi connectivity index (χ1v) is 5.89. The van der Waals surface area contributed by atoms with E-state index in [0.717, 1.165) is 31.7 Å². The predicted molar refractivity (Wildman–Crippen MR) is 66.4 cm³/mol. The predicted octanol–water partition coefficient (Wildman–Crippen LogP) is 1.61. The van der Waals surface area contributed by atoms with E-state index in [0.29, 0.717) is 17.5 Å². The number of anilines is 1. The van der Waals surface area contributed by atoms with Gasteiger partial charge in [0.1, 0.15) is 5.69 Å². The first-order chi connectivity index (χ1) is 8.24. The Morgan fingerprint density at radius 3 is 3.12 bits per heavy atom. The second-order valence-electron chi connectivity index (χ2n) is 4.65. The van der Waals surface area contributed by atoms with Gasteiger partial charge in [-0.05, 0) is 18.1 Å². The van der Waals surface area contributed by atoms with Crippen LogP contribution in [0.1, 0.15) is 17.4 Å². The number of carbonyl (C=O) groups is 1. The molecule has 0 amide bonds. The maximum Gasteiger partial charge on any atom is 0.168 e. The van der Waals surface area contributed by atoms with Crippen molar-refractivity contribution in [3.63, 3.8) is 0 Å². The molecule has 0 aliphatic carbocycles. The summed E-state index contributed by atoms with van der Waals surface area (Å²) in [6.45, 7) is 5.03. The van der Waals surface area contributed by atoms with Crippen LogP contribution in [0.2, 0.25) is 0 Å². The maximum atomic E-state index is 10.7. The number of hydrogen-bond acceptors (Lipinski definition) is 4. The number of rotatable bonds is 4. The van der Waals surface area contributed by atoms with Crippen molar-refractivity contribution in [2.24, 2.45) is 11.8 Å². The molecule has 0 saturated carbocycles. The summed E-state index contributed by atoms with van der Waals surface area (Å²) in [5.74, 6) is 1.18. The molecule has 17 heavy (non-hydrogen) atoms. The van der Waals surface area contributed by atoms with Crippen LogP contribution in [0.15, 0.2) is 18.3 Å². The topological polar surface area (TPSA) is 42.4 Å². The van der Waals surface area contributed by atoms with Gasteiger partial charge in [-0.25, -0.2) is 0 Å². The molecule has 2 rings (SSSR count). The van der Waals surface area contributed by atoms with E-state index in [1.807, 2.05) is 12.1 Å². The van der Waals surface area contributed by atoms with E-state index in [9.17, 15) is 4.79 Å². The lowest BCUT2D eigenvalue weighted by atomic mass is 10.00. The SMILES string of the molecule is COC[C@@H]1CN(c2ccnc(C=O)c2)C[C@@H]1C. The lowest BCUT2D eigenvalue weighted by Gasteiger charge is -2.18. The van der Waals surface area contributed by atoms with Crippen LogP contribution in [-0.4, -0.2) is 38.1 Å². The van der Waals surface area contributed by atoms with Gasteiger partial charge in [-0.15, -0.1) is 0 Å². The zero-order chi connectivity index (χ0) is 12.3. The number of pyridine rings is 1. The Hall–Kier alpha value is -1.42. The van der Waals surface area contributed by atoms with Crippen LogP contribution in [0.25, 0.3) is 0 Å². The molecule has 1 aromatic heterocycles. The summed E-state index contributed by atoms with van der Waals surface area (Å²) in [5.41, 5.74) is 1.57. The van der Waals surface area contributed by atoms with E-state index in [4.69, 9.17) is 4.74 Å². The highest BCUT2D eigenvalue weighted by Gasteiger charge is 2.29. The molecule has 2 atom stereocenters. The highest BCUT2D eigenvalue weighted by molar-refractivity contribution is 5.74. The average Bonchev–Trinajstić information content (AvgIpc) is 2.72. The van der Waals surface area contributed by atoms with Crippen molar-refractivity contribution >= 4 is 12.0 Å². The number of aromatic nitrogens is 1. The standard InChI is InChI=1S/C13H18N2O2/c1-10-6-15(7-11(10)9-17-2)13-3-4-14-12(5-13)8-16/h3-5,8,10-11H,6-7,9H2,1-2H3/t10-,11-/m0/s1. The normalized spacial score (nSPS) is 24.0. The van der Waals surface area contributed by atoms with Crippen LogP contribution in [0, 0.1) is 11.8 Å². The summed E-state index contributed by atoms with van der Waals surface area (Å²) >= 11 is 0. The minimum absolute atomic E-state index is 0.491. The number of hydrogen-bond donors (Lipinski definition) is 0. The Labute approximate surface area is 102 Å². The zero-order valence-electron chi connectivity index (χ0n) is 10.3. The minimum atomic E-state index is 0.491. The molecule has 0 bridgehead atoms. The zero-order valence-corrected chi connectivity index (χ0v) is 10.3. The molecule has 92 valence electrons. The minimum Gasteiger partial charge on any atom is -0.384 e. The number of carbonyl (C=O) groups excluding carboxylic acids is 1. The van der Waals surface area contributed by atoms with Crippen molar-refractivity contribution in [3.8, 4) is 0 Å². The fourth-order valence-corrected chi connectivity index (χ4v) is 2.37. The van der Waals surface area contributed by atoms with E-state index < -0.39 is 0 Å². The lowest BCUT2D eigenvalue weighted by Crippen LogP contribution is -2.21. The molecule has 0 unspecified atom stereocenters. The molecule has 0 spiro atoms. The van der Waals surface area contributed by atoms with Crippen LogP contribution in [0.5, 0.6) is 0 Å². The van der Waals surface area contributed by atoms with Crippen LogP contribution >= 0.6 is 0 Å². The summed E-state index contributed by atoms with van der Waals surface area (Å²) < 4.78 is 5.23. The Bertz CT molecular complexity index is 395. The van der Waals surface area contributed by atoms with Gasteiger partial charge in [-0.2, -0.15) is 0 Å². The quantitative estimate of drug-likeness (QED) is 0.742. The molecule has 4 nitrogen and oxygen atoms in total. The second kappa shape index (κ2) is 5.27. The van der Waals surface area contributed by atoms with E-state index in [-0.39, 0.29) is 0 Å². The Morgan fingerprint density at radius 2 is 2.41 bits per heavy atom. The summed E-state index contributed by atoms with van der Waals surface area (Å²) in [6.07, 6.45) is 2.48. The smallest absolute Gasteiger partial charge is 0.168 e. The summed E-state index contributed by atoms with van der Waals surface area (Å²) in [4.78, 5) is 17.0. The molecular weight excluding hydrogens is 216 g/mol. The first kappa shape index (κ1) is 12.0. The van der Waals surface area contributed by atoms with Gasteiger partial charge < -0.3 is 9.64 Å². The van der Waals surface area contributed by atoms with Gasteiger partial charge in [0.2, 0.25) is 0 Å². The Balaban J connectivity index is 2.10. The maximum absolute atomic E-state index is 10.7. The average molecular weight is 234 g/mol. The van der Waals surface area contributed by atoms with Gasteiger partial charge in [-0.3, -0.25) is 9.78 Å². The van der Waals surface area contributed by atoms with Crippen molar-refractivity contribution < 1.29 is 9.53 Å². The number of aldehydes is 1. The molecule has 1 aliphatic heterocycles. The molecule has 0 aromatic carbocycles. The summed E-state index contributed by atoms with van der Waals surface area (Å²) in [5, 5.41) is 0. The highest BCUT2D eigenvalue weighted by Crippen LogP contribution is 2.28. The van der Waals surface area contributed by atoms with E-state index in [1.54, 1.807) is 13.3 Å². The number of ether oxygens (including phenoxy) is 1. The molecule has 1 aromatic rings. The molecule has 0 radical (unpaired) electrons. The second-order valence-corrected chi connectivity index (χ2v) is 4.65. The van der Waals surface area contributed by atoms with Gasteiger partial charge in [0.15, 0.2) is 6.29 Å². The molecule has 1 fully saturated rings. The van der Waals surface area contributed by atoms with Crippen molar-refractivity contribution in [1.82, 2.24) is 4.98 Å². The van der Waals surface area contributed by atoms with Gasteiger partial charge >= 0.3 is 0 Å². The fraction of sp³-hybridized carbons (Fsp3) is 0.538. The summed E-state index contributed by atoms with van der Waals surface area (Å²) in [6, 6.07) is 3.80. The molecule has 4 heteroatoms. The largest absolute Gasteiger partial charge is 0.384 e. The first-order valence-electron chi connectivity index (χ1n) is 5.89. The number of methoxy groups -OCH3 is 1. The monoisotopic (exact) mass is 234 g/mol. The van der Waals surface area contributed by atoms with E-state index in [2.05, 4.69) is 16.8 Å². The van der Waals surface area contributed by atoms with Gasteiger partial charge in [-0.1, -0.05) is 6.92 Å². The van der Waals surface area contributed by atoms with Crippen molar-refractivity contribution in [2.45, 2.75) is 6.92 Å². The van der Waals surface area contributed by atoms with Gasteiger partial charge in [0, 0.05) is 38.0 Å². The molecule has 1 aliphatic rings. The summed E-state index contributed by atoms with van der Waals surface area (Å²) in [7, 11) is 1.74. The van der Waals surface area contributed by atoms with Crippen molar-refractivity contribution in [3.05, 3.63) is 24.0 Å². The Morgan fingerprint density at radius 1 is 1.59 bits per heavy atom. The van der Waals surface area contributed by atoms with Crippen molar-refractivity contribution in [1.29, 1.82) is 0 Å². The number of nitrogens with zero attached hydrogens (tertiary/aromatic N) is 2. The van der Waals surface area contributed by atoms with Crippen LogP contribution < -0.4 is 4.90 Å². The van der Waals surface area contributed by atoms with Crippen molar-refractivity contribution in [2.75, 3.05) is 31.7 Å². The van der Waals surface area contributed by atoms with E-state index >= 15 is 0 Å². The van der Waals surface area contributed by atoms with Crippen LogP contribution in [-0.2, 0) is 4.74 Å². The third-order valence-corrected chi connectivity index (χ3v) is 3.40. The van der Waals surface area contributed by atoms with Crippen LogP contribution in [0.3, 0.4) is 0 Å². The van der Waals surface area contributed by atoms with E-state index in [1.165, 1.54) is 0 Å². The molecular formula is C13H18N2O2. The molecule has 0 N–H and O–H groups in total. The fourth-order valence-electron chi connectivity index (χ4n) is 2.37. The highest BCUT2D eigenvalue weighted by atomic mass is 16.5.